The molecule has 0 aromatic heterocycles. The Morgan fingerprint density at radius 1 is 1.08 bits per heavy atom. The second kappa shape index (κ2) is 5.13. The van der Waals surface area contributed by atoms with E-state index >= 15 is 0 Å². The lowest BCUT2D eigenvalue weighted by atomic mass is 10.1. The Labute approximate surface area is 76.6 Å². The van der Waals surface area contributed by atoms with Gasteiger partial charge in [-0.2, -0.15) is 0 Å². The molecule has 0 spiro atoms. The molecule has 12 heavy (non-hydrogen) atoms. The van der Waals surface area contributed by atoms with Crippen LogP contribution in [0.5, 0.6) is 0 Å². The highest BCUT2D eigenvalue weighted by atomic mass is 14.7. The van der Waals surface area contributed by atoms with Crippen LogP contribution < -0.4 is 0 Å². The summed E-state index contributed by atoms with van der Waals surface area (Å²) in [6, 6.07) is 0. The zero-order valence-corrected chi connectivity index (χ0v) is 9.23. The molecule has 0 heterocycles. The summed E-state index contributed by atoms with van der Waals surface area (Å²) in [5, 5.41) is 0. The molecule has 0 saturated heterocycles. The van der Waals surface area contributed by atoms with Crippen molar-refractivity contribution < 1.29 is 0 Å². The Balaban J connectivity index is 4.27. The molecule has 1 nitrogen and oxygen atoms in total. The summed E-state index contributed by atoms with van der Waals surface area (Å²) < 4.78 is 0. The molecule has 0 saturated carbocycles. The van der Waals surface area contributed by atoms with Crippen molar-refractivity contribution in [3.8, 4) is 0 Å². The fraction of sp³-hybridized carbons (Fsp3) is 0.727. The van der Waals surface area contributed by atoms with Crippen molar-refractivity contribution >= 4 is 5.71 Å². The number of aliphatic imine (C=N–C) groups is 1. The molecule has 0 rings (SSSR count). The lowest BCUT2D eigenvalue weighted by Crippen LogP contribution is -1.98. The highest BCUT2D eigenvalue weighted by Crippen LogP contribution is 2.07. The summed E-state index contributed by atoms with van der Waals surface area (Å²) in [7, 11) is 0. The normalized spacial score (nSPS) is 12.1. The third-order valence-electron chi connectivity index (χ3n) is 1.79. The van der Waals surface area contributed by atoms with E-state index < -0.39 is 0 Å². The maximum absolute atomic E-state index is 4.51. The molecule has 0 amide bonds. The quantitative estimate of drug-likeness (QED) is 0.567. The monoisotopic (exact) mass is 167 g/mol. The number of hydrogen-bond donors (Lipinski definition) is 0. The Morgan fingerprint density at radius 3 is 1.92 bits per heavy atom. The van der Waals surface area contributed by atoms with Crippen LogP contribution in [-0.2, 0) is 0 Å². The third-order valence-corrected chi connectivity index (χ3v) is 1.79. The van der Waals surface area contributed by atoms with Gasteiger partial charge in [-0.25, -0.2) is 0 Å². The van der Waals surface area contributed by atoms with Crippen molar-refractivity contribution in [2.75, 3.05) is 0 Å². The summed E-state index contributed by atoms with van der Waals surface area (Å²) in [6.45, 7) is 12.8. The lowest BCUT2D eigenvalue weighted by Gasteiger charge is -2.04. The summed E-state index contributed by atoms with van der Waals surface area (Å²) >= 11 is 0. The minimum absolute atomic E-state index is 0.707. The van der Waals surface area contributed by atoms with Crippen molar-refractivity contribution in [3.63, 3.8) is 0 Å². The molecule has 0 aliphatic carbocycles. The summed E-state index contributed by atoms with van der Waals surface area (Å²) in [5.74, 6) is 0.707. The zero-order chi connectivity index (χ0) is 9.72. The maximum atomic E-state index is 4.51. The first kappa shape index (κ1) is 11.4. The Kier molecular flexibility index (Phi) is 4.87. The SMILES string of the molecule is CC(CC(C)C)=NC(C)=C(C)C. The van der Waals surface area contributed by atoms with Crippen LogP contribution in [0.3, 0.4) is 0 Å². The van der Waals surface area contributed by atoms with Gasteiger partial charge in [-0.1, -0.05) is 19.4 Å². The number of nitrogens with zero attached hydrogens (tertiary/aromatic N) is 1. The van der Waals surface area contributed by atoms with Gasteiger partial charge >= 0.3 is 0 Å². The molecule has 0 aromatic carbocycles. The molecular weight excluding hydrogens is 146 g/mol. The fourth-order valence-electron chi connectivity index (χ4n) is 1.03. The van der Waals surface area contributed by atoms with E-state index in [1.165, 1.54) is 11.3 Å². The highest BCUT2D eigenvalue weighted by Gasteiger charge is 1.97. The zero-order valence-electron chi connectivity index (χ0n) is 9.23. The molecule has 0 bridgehead atoms. The topological polar surface area (TPSA) is 12.4 Å². The minimum atomic E-state index is 0.707. The molecule has 0 atom stereocenters. The summed E-state index contributed by atoms with van der Waals surface area (Å²) in [5.41, 5.74) is 3.70. The standard InChI is InChI=1S/C11H21N/c1-8(2)7-10(5)12-11(6)9(3)4/h8H,7H2,1-6H3. The highest BCUT2D eigenvalue weighted by molar-refractivity contribution is 5.83. The van der Waals surface area contributed by atoms with Gasteiger partial charge in [0.05, 0.1) is 0 Å². The van der Waals surface area contributed by atoms with Gasteiger partial charge in [-0.15, -0.1) is 0 Å². The molecule has 0 aromatic rings. The molecule has 0 aliphatic rings. The van der Waals surface area contributed by atoms with E-state index in [1.54, 1.807) is 0 Å². The van der Waals surface area contributed by atoms with Crippen LogP contribution >= 0.6 is 0 Å². The van der Waals surface area contributed by atoms with Gasteiger partial charge in [-0.3, -0.25) is 4.99 Å². The average molecular weight is 167 g/mol. The van der Waals surface area contributed by atoms with Crippen LogP contribution in [0.1, 0.15) is 48.0 Å². The van der Waals surface area contributed by atoms with Crippen molar-refractivity contribution in [3.05, 3.63) is 11.3 Å². The van der Waals surface area contributed by atoms with Crippen molar-refractivity contribution in [1.82, 2.24) is 0 Å². The summed E-state index contributed by atoms with van der Waals surface area (Å²) in [4.78, 5) is 4.51. The molecular formula is C11H21N. The lowest BCUT2D eigenvalue weighted by molar-refractivity contribution is 0.682. The number of hydrogen-bond acceptors (Lipinski definition) is 1. The predicted molar refractivity (Wildman–Crippen MR) is 56.6 cm³/mol. The largest absolute Gasteiger partial charge is 0.263 e. The first-order valence-corrected chi connectivity index (χ1v) is 4.61. The van der Waals surface area contributed by atoms with Gasteiger partial charge in [0.15, 0.2) is 0 Å². The first-order valence-electron chi connectivity index (χ1n) is 4.61. The Bertz CT molecular complexity index is 193. The molecule has 0 N–H and O–H groups in total. The Hall–Kier alpha value is -0.590. The van der Waals surface area contributed by atoms with Crippen LogP contribution in [0.25, 0.3) is 0 Å². The molecule has 0 unspecified atom stereocenters. The van der Waals surface area contributed by atoms with Gasteiger partial charge in [-0.05, 0) is 40.0 Å². The van der Waals surface area contributed by atoms with Crippen LogP contribution in [0.4, 0.5) is 0 Å². The molecule has 0 aliphatic heterocycles. The molecule has 0 fully saturated rings. The van der Waals surface area contributed by atoms with E-state index in [4.69, 9.17) is 0 Å². The molecule has 70 valence electrons. The molecule has 0 radical (unpaired) electrons. The fourth-order valence-corrected chi connectivity index (χ4v) is 1.03. The second-order valence-electron chi connectivity index (χ2n) is 4.03. The van der Waals surface area contributed by atoms with E-state index in [0.717, 1.165) is 12.1 Å². The predicted octanol–water partition coefficient (Wildman–Crippen LogP) is 3.81. The number of allylic oxidation sites excluding steroid dienone is 2. The van der Waals surface area contributed by atoms with E-state index in [9.17, 15) is 0 Å². The van der Waals surface area contributed by atoms with E-state index in [0.29, 0.717) is 5.92 Å². The van der Waals surface area contributed by atoms with Gasteiger partial charge in [0.2, 0.25) is 0 Å². The van der Waals surface area contributed by atoms with Gasteiger partial charge in [0.25, 0.3) is 0 Å². The molecule has 1 heteroatoms. The smallest absolute Gasteiger partial charge is 0.0358 e. The van der Waals surface area contributed by atoms with Crippen molar-refractivity contribution in [1.29, 1.82) is 0 Å². The van der Waals surface area contributed by atoms with E-state index in [-0.39, 0.29) is 0 Å². The van der Waals surface area contributed by atoms with Crippen LogP contribution in [0, 0.1) is 5.92 Å². The van der Waals surface area contributed by atoms with Crippen LogP contribution in [0.15, 0.2) is 16.3 Å². The second-order valence-corrected chi connectivity index (χ2v) is 4.03. The van der Waals surface area contributed by atoms with E-state index in [2.05, 4.69) is 46.5 Å². The Morgan fingerprint density at radius 2 is 1.58 bits per heavy atom. The first-order chi connectivity index (χ1) is 5.43. The van der Waals surface area contributed by atoms with Crippen molar-refractivity contribution in [2.24, 2.45) is 10.9 Å². The average Bonchev–Trinajstić information content (AvgIpc) is 1.84. The van der Waals surface area contributed by atoms with Gasteiger partial charge in [0, 0.05) is 11.4 Å². The minimum Gasteiger partial charge on any atom is -0.263 e. The van der Waals surface area contributed by atoms with Crippen molar-refractivity contribution in [2.45, 2.75) is 48.0 Å². The van der Waals surface area contributed by atoms with Crippen LogP contribution in [-0.4, -0.2) is 5.71 Å². The number of rotatable bonds is 3. The van der Waals surface area contributed by atoms with Crippen LogP contribution in [0.2, 0.25) is 0 Å². The van der Waals surface area contributed by atoms with Gasteiger partial charge < -0.3 is 0 Å². The third kappa shape index (κ3) is 5.11. The van der Waals surface area contributed by atoms with Gasteiger partial charge in [0.1, 0.15) is 0 Å². The summed E-state index contributed by atoms with van der Waals surface area (Å²) in [6.07, 6.45) is 1.10. The maximum Gasteiger partial charge on any atom is 0.0358 e. The van der Waals surface area contributed by atoms with E-state index in [1.807, 2.05) is 0 Å².